The molecule has 19 heavy (non-hydrogen) atoms. The van der Waals surface area contributed by atoms with E-state index in [2.05, 4.69) is 11.9 Å². The molecular formula is C10H15N3O6. The summed E-state index contributed by atoms with van der Waals surface area (Å²) in [6.07, 6.45) is -0.288. The molecule has 0 aliphatic heterocycles. The fourth-order valence-electron chi connectivity index (χ4n) is 0.960. The third-order valence-corrected chi connectivity index (χ3v) is 1.96. The second-order valence-electron chi connectivity index (χ2n) is 3.59. The van der Waals surface area contributed by atoms with Crippen molar-refractivity contribution in [1.29, 1.82) is 0 Å². The molecule has 106 valence electrons. The van der Waals surface area contributed by atoms with E-state index in [1.165, 1.54) is 0 Å². The van der Waals surface area contributed by atoms with Crippen molar-refractivity contribution in [3.05, 3.63) is 12.3 Å². The number of carbonyl (C=O) groups excluding carboxylic acids is 2. The summed E-state index contributed by atoms with van der Waals surface area (Å²) in [4.78, 5) is 43.1. The van der Waals surface area contributed by atoms with Crippen molar-refractivity contribution in [1.82, 2.24) is 10.6 Å². The first-order valence-electron chi connectivity index (χ1n) is 5.21. The van der Waals surface area contributed by atoms with Gasteiger partial charge in [-0.2, -0.15) is 0 Å². The molecule has 6 N–H and O–H groups in total. The molecule has 0 spiro atoms. The average Bonchev–Trinajstić information content (AvgIpc) is 2.32. The zero-order valence-corrected chi connectivity index (χ0v) is 10.0. The van der Waals surface area contributed by atoms with E-state index in [1.54, 1.807) is 0 Å². The van der Waals surface area contributed by atoms with Gasteiger partial charge in [0.25, 0.3) is 5.91 Å². The second kappa shape index (κ2) is 7.82. The molecule has 0 saturated carbocycles. The van der Waals surface area contributed by atoms with E-state index in [0.29, 0.717) is 0 Å². The van der Waals surface area contributed by atoms with Gasteiger partial charge in [0.1, 0.15) is 12.6 Å². The van der Waals surface area contributed by atoms with Gasteiger partial charge in [0, 0.05) is 6.42 Å². The molecule has 9 nitrogen and oxygen atoms in total. The SMILES string of the molecule is C=C(NC(=O)CC[C@H](N)C(=O)O)C(=O)NCC(=O)O. The Labute approximate surface area is 108 Å². The summed E-state index contributed by atoms with van der Waals surface area (Å²) in [5.74, 6) is -3.93. The summed E-state index contributed by atoms with van der Waals surface area (Å²) in [6, 6.07) is -1.17. The van der Waals surface area contributed by atoms with Crippen LogP contribution in [0.3, 0.4) is 0 Å². The van der Waals surface area contributed by atoms with E-state index < -0.39 is 36.3 Å². The minimum atomic E-state index is -1.24. The minimum absolute atomic E-state index is 0.0921. The number of nitrogens with one attached hydrogen (secondary N) is 2. The highest BCUT2D eigenvalue weighted by Gasteiger charge is 2.15. The van der Waals surface area contributed by atoms with Gasteiger partial charge in [-0.15, -0.1) is 0 Å². The van der Waals surface area contributed by atoms with Crippen molar-refractivity contribution in [2.45, 2.75) is 18.9 Å². The Bertz CT molecular complexity index is 406. The summed E-state index contributed by atoms with van der Waals surface area (Å²) in [6.45, 7) is 2.65. The minimum Gasteiger partial charge on any atom is -0.480 e. The van der Waals surface area contributed by atoms with Gasteiger partial charge in [-0.25, -0.2) is 0 Å². The monoisotopic (exact) mass is 273 g/mol. The highest BCUT2D eigenvalue weighted by molar-refractivity contribution is 5.98. The first-order valence-corrected chi connectivity index (χ1v) is 5.21. The number of hydrogen-bond acceptors (Lipinski definition) is 5. The van der Waals surface area contributed by atoms with Gasteiger partial charge in [-0.05, 0) is 6.42 Å². The molecule has 0 heterocycles. The molecule has 0 aromatic rings. The third-order valence-electron chi connectivity index (χ3n) is 1.96. The molecule has 0 radical (unpaired) electrons. The lowest BCUT2D eigenvalue weighted by Gasteiger charge is -2.09. The van der Waals surface area contributed by atoms with E-state index in [9.17, 15) is 19.2 Å². The number of nitrogens with two attached hydrogens (primary N) is 1. The van der Waals surface area contributed by atoms with E-state index in [1.807, 2.05) is 5.32 Å². The Kier molecular flexibility index (Phi) is 6.82. The van der Waals surface area contributed by atoms with Crippen LogP contribution in [0.2, 0.25) is 0 Å². The molecule has 0 aromatic carbocycles. The Hall–Kier alpha value is -2.42. The van der Waals surface area contributed by atoms with Crippen LogP contribution in [0.1, 0.15) is 12.8 Å². The highest BCUT2D eigenvalue weighted by atomic mass is 16.4. The maximum absolute atomic E-state index is 11.3. The number of amides is 2. The molecule has 1 atom stereocenters. The summed E-state index contributed by atoms with van der Waals surface area (Å²) in [5.41, 5.74) is 4.87. The number of carbonyl (C=O) groups is 4. The van der Waals surface area contributed by atoms with Crippen LogP contribution in [-0.4, -0.2) is 46.6 Å². The highest BCUT2D eigenvalue weighted by Crippen LogP contribution is 1.96. The summed E-state index contributed by atoms with van der Waals surface area (Å²) in [7, 11) is 0. The zero-order valence-electron chi connectivity index (χ0n) is 10.0. The zero-order chi connectivity index (χ0) is 15.0. The largest absolute Gasteiger partial charge is 0.480 e. The van der Waals surface area contributed by atoms with E-state index in [4.69, 9.17) is 15.9 Å². The van der Waals surface area contributed by atoms with Gasteiger partial charge in [0.2, 0.25) is 5.91 Å². The normalized spacial score (nSPS) is 11.2. The first-order chi connectivity index (χ1) is 8.73. The molecule has 0 aliphatic carbocycles. The van der Waals surface area contributed by atoms with Crippen LogP contribution in [0.4, 0.5) is 0 Å². The molecule has 9 heteroatoms. The molecule has 0 saturated heterocycles. The Morgan fingerprint density at radius 1 is 1.21 bits per heavy atom. The Morgan fingerprint density at radius 2 is 1.79 bits per heavy atom. The quantitative estimate of drug-likeness (QED) is 0.320. The molecular weight excluding hydrogens is 258 g/mol. The van der Waals surface area contributed by atoms with Gasteiger partial charge in [-0.3, -0.25) is 19.2 Å². The third kappa shape index (κ3) is 7.49. The lowest BCUT2D eigenvalue weighted by molar-refractivity contribution is -0.139. The summed E-state index contributed by atoms with van der Waals surface area (Å²) in [5, 5.41) is 20.9. The predicted molar refractivity (Wildman–Crippen MR) is 62.8 cm³/mol. The molecule has 2 amide bonds. The van der Waals surface area contributed by atoms with E-state index >= 15 is 0 Å². The van der Waals surface area contributed by atoms with Crippen LogP contribution >= 0.6 is 0 Å². The number of carboxylic acids is 2. The van der Waals surface area contributed by atoms with Crippen LogP contribution in [0.5, 0.6) is 0 Å². The van der Waals surface area contributed by atoms with E-state index in [-0.39, 0.29) is 18.5 Å². The number of aliphatic carboxylic acids is 2. The van der Waals surface area contributed by atoms with Gasteiger partial charge >= 0.3 is 11.9 Å². The van der Waals surface area contributed by atoms with Crippen LogP contribution in [0, 0.1) is 0 Å². The van der Waals surface area contributed by atoms with Crippen LogP contribution in [-0.2, 0) is 19.2 Å². The molecule has 0 unspecified atom stereocenters. The molecule has 0 fully saturated rings. The summed E-state index contributed by atoms with van der Waals surface area (Å²) < 4.78 is 0. The molecule has 0 aliphatic rings. The standard InChI is InChI=1S/C10H15N3O6/c1-5(9(17)12-4-8(15)16)13-7(14)3-2-6(11)10(18)19/h6H,1-4,11H2,(H,12,17)(H,13,14)(H,15,16)(H,18,19)/t6-/m0/s1. The van der Waals surface area contributed by atoms with Gasteiger partial charge in [-0.1, -0.05) is 6.58 Å². The predicted octanol–water partition coefficient (Wildman–Crippen LogP) is -1.99. The Balaban J connectivity index is 4.05. The maximum atomic E-state index is 11.3. The van der Waals surface area contributed by atoms with Gasteiger partial charge < -0.3 is 26.6 Å². The van der Waals surface area contributed by atoms with Crippen LogP contribution in [0.25, 0.3) is 0 Å². The lowest BCUT2D eigenvalue weighted by Crippen LogP contribution is -2.37. The molecule has 0 rings (SSSR count). The van der Waals surface area contributed by atoms with E-state index in [0.717, 1.165) is 0 Å². The fraction of sp³-hybridized carbons (Fsp3) is 0.400. The summed E-state index contributed by atoms with van der Waals surface area (Å²) >= 11 is 0. The number of carboxylic acid groups (broad SMARTS) is 2. The van der Waals surface area contributed by atoms with Crippen molar-refractivity contribution >= 4 is 23.8 Å². The smallest absolute Gasteiger partial charge is 0.322 e. The lowest BCUT2D eigenvalue weighted by atomic mass is 10.1. The topological polar surface area (TPSA) is 159 Å². The Morgan fingerprint density at radius 3 is 2.26 bits per heavy atom. The van der Waals surface area contributed by atoms with Crippen LogP contribution < -0.4 is 16.4 Å². The van der Waals surface area contributed by atoms with Crippen molar-refractivity contribution < 1.29 is 29.4 Å². The number of rotatable bonds is 8. The number of hydrogen-bond donors (Lipinski definition) is 5. The van der Waals surface area contributed by atoms with Crippen molar-refractivity contribution in [2.75, 3.05) is 6.54 Å². The first kappa shape index (κ1) is 16.6. The van der Waals surface area contributed by atoms with Gasteiger partial charge in [0.15, 0.2) is 0 Å². The van der Waals surface area contributed by atoms with Crippen molar-refractivity contribution in [2.24, 2.45) is 5.73 Å². The second-order valence-corrected chi connectivity index (χ2v) is 3.59. The molecule has 0 aromatic heterocycles. The average molecular weight is 273 g/mol. The maximum Gasteiger partial charge on any atom is 0.322 e. The van der Waals surface area contributed by atoms with Gasteiger partial charge in [0.05, 0.1) is 5.70 Å². The fourth-order valence-corrected chi connectivity index (χ4v) is 0.960. The molecule has 0 bridgehead atoms. The van der Waals surface area contributed by atoms with Crippen molar-refractivity contribution in [3.63, 3.8) is 0 Å². The van der Waals surface area contributed by atoms with Crippen molar-refractivity contribution in [3.8, 4) is 0 Å². The van der Waals surface area contributed by atoms with Crippen LogP contribution in [0.15, 0.2) is 12.3 Å².